The molecule has 0 saturated carbocycles. The molecular weight excluding hydrogens is 282 g/mol. The van der Waals surface area contributed by atoms with Crippen LogP contribution in [-0.4, -0.2) is 33.6 Å². The summed E-state index contributed by atoms with van der Waals surface area (Å²) in [5.41, 5.74) is 1.33. The van der Waals surface area contributed by atoms with E-state index in [1.165, 1.54) is 18.5 Å². The number of hydrogen-bond acceptors (Lipinski definition) is 5. The zero-order valence-corrected chi connectivity index (χ0v) is 12.0. The van der Waals surface area contributed by atoms with Crippen LogP contribution < -0.4 is 5.32 Å². The van der Waals surface area contributed by atoms with Gasteiger partial charge in [0.15, 0.2) is 0 Å². The second-order valence-electron chi connectivity index (χ2n) is 5.23. The van der Waals surface area contributed by atoms with E-state index < -0.39 is 0 Å². The van der Waals surface area contributed by atoms with Gasteiger partial charge in [-0.05, 0) is 36.6 Å². The lowest BCUT2D eigenvalue weighted by molar-refractivity contribution is -0.00950. The van der Waals surface area contributed by atoms with Gasteiger partial charge < -0.3 is 15.2 Å². The van der Waals surface area contributed by atoms with Crippen LogP contribution in [0, 0.1) is 0 Å². The molecule has 114 valence electrons. The van der Waals surface area contributed by atoms with E-state index in [4.69, 9.17) is 4.74 Å². The second kappa shape index (κ2) is 6.53. The maximum Gasteiger partial charge on any atom is 0.253 e. The Bertz CT molecular complexity index is 648. The molecule has 2 aromatic heterocycles. The Morgan fingerprint density at radius 3 is 2.86 bits per heavy atom. The summed E-state index contributed by atoms with van der Waals surface area (Å²) < 4.78 is 5.83. The minimum Gasteiger partial charge on any atom is -0.506 e. The van der Waals surface area contributed by atoms with E-state index in [0.717, 1.165) is 18.4 Å². The monoisotopic (exact) mass is 299 g/mol. The maximum absolute atomic E-state index is 12.3. The minimum absolute atomic E-state index is 0.0294. The lowest BCUT2D eigenvalue weighted by Crippen LogP contribution is -2.42. The average Bonchev–Trinajstić information content (AvgIpc) is 2.56. The number of nitrogens with one attached hydrogen (secondary N) is 1. The summed E-state index contributed by atoms with van der Waals surface area (Å²) in [6.07, 6.45) is 7.69. The van der Waals surface area contributed by atoms with Crippen LogP contribution >= 0.6 is 0 Å². The van der Waals surface area contributed by atoms with Gasteiger partial charge in [0.05, 0.1) is 17.8 Å². The number of nitrogens with zero attached hydrogens (tertiary/aromatic N) is 2. The van der Waals surface area contributed by atoms with E-state index >= 15 is 0 Å². The topological polar surface area (TPSA) is 84.3 Å². The molecular formula is C16H17N3O3. The van der Waals surface area contributed by atoms with Gasteiger partial charge in [0.2, 0.25) is 0 Å². The summed E-state index contributed by atoms with van der Waals surface area (Å²) in [5, 5.41) is 12.4. The molecule has 2 N–H and O–H groups in total. The van der Waals surface area contributed by atoms with Gasteiger partial charge in [-0.3, -0.25) is 14.8 Å². The molecule has 1 aliphatic heterocycles. The van der Waals surface area contributed by atoms with Gasteiger partial charge in [-0.1, -0.05) is 0 Å². The summed E-state index contributed by atoms with van der Waals surface area (Å²) >= 11 is 0. The van der Waals surface area contributed by atoms with Crippen LogP contribution in [0.3, 0.4) is 0 Å². The quantitative estimate of drug-likeness (QED) is 0.903. The van der Waals surface area contributed by atoms with Crippen LogP contribution in [0.15, 0.2) is 43.0 Å². The summed E-state index contributed by atoms with van der Waals surface area (Å²) in [7, 11) is 0. The van der Waals surface area contributed by atoms with E-state index in [2.05, 4.69) is 15.3 Å². The van der Waals surface area contributed by atoms with Crippen LogP contribution in [0.1, 0.15) is 34.9 Å². The third-order valence-electron chi connectivity index (χ3n) is 3.66. The molecule has 1 amide bonds. The van der Waals surface area contributed by atoms with Gasteiger partial charge in [0, 0.05) is 25.2 Å². The van der Waals surface area contributed by atoms with E-state index in [-0.39, 0.29) is 23.8 Å². The molecule has 0 spiro atoms. The molecule has 22 heavy (non-hydrogen) atoms. The smallest absolute Gasteiger partial charge is 0.253 e. The number of aromatic hydroxyl groups is 1. The lowest BCUT2D eigenvalue weighted by atomic mass is 9.96. The van der Waals surface area contributed by atoms with Gasteiger partial charge in [0.1, 0.15) is 11.9 Å². The predicted molar refractivity (Wildman–Crippen MR) is 79.3 cm³/mol. The highest BCUT2D eigenvalue weighted by atomic mass is 16.5. The van der Waals surface area contributed by atoms with Crippen molar-refractivity contribution in [1.82, 2.24) is 15.3 Å². The molecule has 2 aromatic rings. The van der Waals surface area contributed by atoms with Crippen LogP contribution in [0.5, 0.6) is 5.75 Å². The van der Waals surface area contributed by atoms with Gasteiger partial charge >= 0.3 is 0 Å². The van der Waals surface area contributed by atoms with Gasteiger partial charge in [-0.2, -0.15) is 0 Å². The molecule has 3 heterocycles. The van der Waals surface area contributed by atoms with E-state index in [1.807, 2.05) is 12.1 Å². The van der Waals surface area contributed by atoms with Crippen molar-refractivity contribution in [3.8, 4) is 5.75 Å². The number of hydrogen-bond donors (Lipinski definition) is 2. The summed E-state index contributed by atoms with van der Waals surface area (Å²) in [6, 6.07) is 5.06. The Morgan fingerprint density at radius 2 is 2.09 bits per heavy atom. The van der Waals surface area contributed by atoms with E-state index in [9.17, 15) is 9.90 Å². The third kappa shape index (κ3) is 3.23. The molecule has 0 aromatic carbocycles. The Balaban J connectivity index is 1.76. The molecule has 0 aliphatic carbocycles. The highest BCUT2D eigenvalue weighted by Crippen LogP contribution is 2.28. The zero-order chi connectivity index (χ0) is 15.4. The molecule has 1 aliphatic rings. The minimum atomic E-state index is -0.266. The Kier molecular flexibility index (Phi) is 4.29. The van der Waals surface area contributed by atoms with Crippen molar-refractivity contribution in [2.75, 3.05) is 6.61 Å². The Morgan fingerprint density at radius 1 is 1.27 bits per heavy atom. The number of aromatic nitrogens is 2. The highest BCUT2D eigenvalue weighted by Gasteiger charge is 2.29. The van der Waals surface area contributed by atoms with Gasteiger partial charge in [-0.25, -0.2) is 0 Å². The van der Waals surface area contributed by atoms with E-state index in [1.54, 1.807) is 12.4 Å². The van der Waals surface area contributed by atoms with Crippen LogP contribution in [0.4, 0.5) is 0 Å². The molecule has 6 heteroatoms. The van der Waals surface area contributed by atoms with Crippen molar-refractivity contribution in [1.29, 1.82) is 0 Å². The van der Waals surface area contributed by atoms with Crippen molar-refractivity contribution >= 4 is 5.91 Å². The second-order valence-corrected chi connectivity index (χ2v) is 5.23. The largest absolute Gasteiger partial charge is 0.506 e. The third-order valence-corrected chi connectivity index (χ3v) is 3.66. The van der Waals surface area contributed by atoms with Gasteiger partial charge in [-0.15, -0.1) is 0 Å². The predicted octanol–water partition coefficient (Wildman–Crippen LogP) is 1.83. The van der Waals surface area contributed by atoms with E-state index in [0.29, 0.717) is 12.2 Å². The normalized spacial score (nSPS) is 21.3. The summed E-state index contributed by atoms with van der Waals surface area (Å²) in [6.45, 7) is 0.674. The molecule has 0 unspecified atom stereocenters. The summed E-state index contributed by atoms with van der Waals surface area (Å²) in [4.78, 5) is 20.1. The number of rotatable bonds is 3. The average molecular weight is 299 g/mol. The first-order valence-electron chi connectivity index (χ1n) is 7.20. The van der Waals surface area contributed by atoms with Crippen LogP contribution in [0.25, 0.3) is 0 Å². The molecule has 3 rings (SSSR count). The molecule has 2 atom stereocenters. The first-order chi connectivity index (χ1) is 10.7. The first-order valence-corrected chi connectivity index (χ1v) is 7.20. The zero-order valence-electron chi connectivity index (χ0n) is 12.0. The Hall–Kier alpha value is -2.47. The molecule has 6 nitrogen and oxygen atoms in total. The van der Waals surface area contributed by atoms with Gasteiger partial charge in [0.25, 0.3) is 5.91 Å². The number of carbonyl (C=O) groups excluding carboxylic acids is 1. The molecule has 0 bridgehead atoms. The molecule has 0 radical (unpaired) electrons. The fraction of sp³-hybridized carbons (Fsp3) is 0.312. The van der Waals surface area contributed by atoms with Crippen molar-refractivity contribution in [3.05, 3.63) is 54.1 Å². The Labute approximate surface area is 128 Å². The molecule has 1 saturated heterocycles. The fourth-order valence-corrected chi connectivity index (χ4v) is 2.61. The van der Waals surface area contributed by atoms with Crippen molar-refractivity contribution in [2.24, 2.45) is 0 Å². The van der Waals surface area contributed by atoms with Crippen LogP contribution in [0.2, 0.25) is 0 Å². The molecule has 1 fully saturated rings. The van der Waals surface area contributed by atoms with Crippen molar-refractivity contribution in [2.45, 2.75) is 25.0 Å². The number of ether oxygens (including phenoxy) is 1. The van der Waals surface area contributed by atoms with Crippen LogP contribution in [-0.2, 0) is 4.74 Å². The number of amides is 1. The number of pyridine rings is 2. The first kappa shape index (κ1) is 14.5. The number of carbonyl (C=O) groups is 1. The van der Waals surface area contributed by atoms with Crippen molar-refractivity contribution < 1.29 is 14.6 Å². The highest BCUT2D eigenvalue weighted by molar-refractivity contribution is 5.94. The summed E-state index contributed by atoms with van der Waals surface area (Å²) in [5.74, 6) is -0.295. The fourth-order valence-electron chi connectivity index (χ4n) is 2.61. The SMILES string of the molecule is O=C(N[C@H]1CCCO[C@@H]1c1ccncc1)c1cncc(O)c1. The van der Waals surface area contributed by atoms with Crippen molar-refractivity contribution in [3.63, 3.8) is 0 Å². The standard InChI is InChI=1S/C16H17N3O3/c20-13-8-12(9-18-10-13)16(21)19-14-2-1-7-22-15(14)11-3-5-17-6-4-11/h3-6,8-10,14-15,20H,1-2,7H2,(H,19,21)/t14-,15+/m0/s1. The maximum atomic E-state index is 12.3. The lowest BCUT2D eigenvalue weighted by Gasteiger charge is -2.32.